The maximum absolute atomic E-state index is 4.64. The molecule has 3 aromatic rings. The molecule has 0 atom stereocenters. The van der Waals surface area contributed by atoms with Crippen LogP contribution >= 0.6 is 0 Å². The van der Waals surface area contributed by atoms with Crippen molar-refractivity contribution in [3.63, 3.8) is 0 Å². The lowest BCUT2D eigenvalue weighted by molar-refractivity contribution is 0.370. The summed E-state index contributed by atoms with van der Waals surface area (Å²) in [4.78, 5) is 18.2. The number of hydrogen-bond donors (Lipinski definition) is 1. The maximum atomic E-state index is 4.64. The monoisotopic (exact) mass is 377 g/mol. The van der Waals surface area contributed by atoms with Crippen LogP contribution in [-0.2, 0) is 6.54 Å². The van der Waals surface area contributed by atoms with Gasteiger partial charge in [-0.3, -0.25) is 4.99 Å². The number of nitrogens with zero attached hydrogens (tertiary/aromatic N) is 6. The number of anilines is 1. The smallest absolute Gasteiger partial charge is 0.193 e. The van der Waals surface area contributed by atoms with Gasteiger partial charge in [0.15, 0.2) is 5.96 Å². The summed E-state index contributed by atoms with van der Waals surface area (Å²) in [5.41, 5.74) is 2.23. The first-order valence-electron chi connectivity index (χ1n) is 9.79. The Bertz CT molecular complexity index is 940. The number of piperazine rings is 1. The third-order valence-corrected chi connectivity index (χ3v) is 5.23. The Kier molecular flexibility index (Phi) is 5.41. The van der Waals surface area contributed by atoms with Crippen LogP contribution in [0.4, 0.5) is 5.82 Å². The topological polar surface area (TPSA) is 61.6 Å². The third kappa shape index (κ3) is 3.78. The molecular weight excluding hydrogens is 350 g/mol. The molecule has 28 heavy (non-hydrogen) atoms. The molecule has 7 heteroatoms. The molecule has 146 valence electrons. The fourth-order valence-corrected chi connectivity index (χ4v) is 3.78. The summed E-state index contributed by atoms with van der Waals surface area (Å²) >= 11 is 0. The molecule has 7 nitrogen and oxygen atoms in total. The van der Waals surface area contributed by atoms with E-state index in [9.17, 15) is 0 Å². The first kappa shape index (κ1) is 18.3. The zero-order valence-corrected chi connectivity index (χ0v) is 16.5. The van der Waals surface area contributed by atoms with Crippen molar-refractivity contribution in [3.05, 3.63) is 54.5 Å². The summed E-state index contributed by atoms with van der Waals surface area (Å²) < 4.78 is 2.26. The van der Waals surface area contributed by atoms with Crippen molar-refractivity contribution < 1.29 is 0 Å². The number of guanidine groups is 1. The number of benzene rings is 1. The second kappa shape index (κ2) is 8.29. The highest BCUT2D eigenvalue weighted by Gasteiger charge is 2.20. The molecule has 0 radical (unpaired) electrons. The van der Waals surface area contributed by atoms with Crippen molar-refractivity contribution in [2.45, 2.75) is 13.5 Å². The number of fused-ring (bicyclic) bond motifs is 1. The van der Waals surface area contributed by atoms with Crippen LogP contribution < -0.4 is 10.2 Å². The Morgan fingerprint density at radius 1 is 1.07 bits per heavy atom. The van der Waals surface area contributed by atoms with Crippen LogP contribution in [0.2, 0.25) is 0 Å². The number of aliphatic imine (C=N–C) groups is 1. The van der Waals surface area contributed by atoms with Gasteiger partial charge >= 0.3 is 0 Å². The summed E-state index contributed by atoms with van der Waals surface area (Å²) in [5.74, 6) is 3.05. The third-order valence-electron chi connectivity index (χ3n) is 5.23. The summed E-state index contributed by atoms with van der Waals surface area (Å²) in [6, 6.07) is 14.3. The largest absolute Gasteiger partial charge is 0.354 e. The number of rotatable bonds is 4. The Balaban J connectivity index is 1.32. The van der Waals surface area contributed by atoms with Crippen LogP contribution in [0.15, 0.2) is 53.7 Å². The summed E-state index contributed by atoms with van der Waals surface area (Å²) in [6.07, 6.45) is 1.85. The van der Waals surface area contributed by atoms with Gasteiger partial charge in [-0.1, -0.05) is 18.2 Å². The summed E-state index contributed by atoms with van der Waals surface area (Å²) in [7, 11) is 1.85. The minimum absolute atomic E-state index is 0.814. The van der Waals surface area contributed by atoms with Gasteiger partial charge in [0, 0.05) is 52.5 Å². The first-order chi connectivity index (χ1) is 13.8. The fraction of sp³-hybridized carbons (Fsp3) is 0.381. The Morgan fingerprint density at radius 3 is 2.61 bits per heavy atom. The van der Waals surface area contributed by atoms with Gasteiger partial charge in [-0.15, -0.1) is 0 Å². The highest BCUT2D eigenvalue weighted by Crippen LogP contribution is 2.15. The minimum atomic E-state index is 0.814. The highest BCUT2D eigenvalue weighted by molar-refractivity contribution is 5.80. The molecule has 0 aliphatic carbocycles. The number of aryl methyl sites for hydroxylation is 1. The van der Waals surface area contributed by atoms with Crippen LogP contribution in [0.1, 0.15) is 5.82 Å². The van der Waals surface area contributed by atoms with E-state index in [0.717, 1.165) is 62.4 Å². The summed E-state index contributed by atoms with van der Waals surface area (Å²) in [5, 5.41) is 3.52. The van der Waals surface area contributed by atoms with Gasteiger partial charge in [-0.05, 0) is 31.2 Å². The highest BCUT2D eigenvalue weighted by atomic mass is 15.4. The molecule has 4 rings (SSSR count). The molecule has 0 unspecified atom stereocenters. The van der Waals surface area contributed by atoms with Crippen LogP contribution in [0, 0.1) is 6.92 Å². The SMILES string of the molecule is CN=C(NCCn1c(C)nc2ccccc21)N1CCN(c2ccccn2)CC1. The van der Waals surface area contributed by atoms with Gasteiger partial charge in [0.25, 0.3) is 0 Å². The van der Waals surface area contributed by atoms with E-state index in [1.165, 1.54) is 5.52 Å². The molecule has 0 spiro atoms. The zero-order valence-electron chi connectivity index (χ0n) is 16.5. The lowest BCUT2D eigenvalue weighted by Crippen LogP contribution is -2.53. The molecule has 3 heterocycles. The molecule has 0 bridgehead atoms. The van der Waals surface area contributed by atoms with E-state index >= 15 is 0 Å². The molecule has 1 aliphatic heterocycles. The maximum Gasteiger partial charge on any atom is 0.193 e. The molecule has 2 aromatic heterocycles. The average Bonchev–Trinajstić information content (AvgIpc) is 3.07. The second-order valence-electron chi connectivity index (χ2n) is 6.94. The van der Waals surface area contributed by atoms with Gasteiger partial charge in [0.2, 0.25) is 0 Å². The van der Waals surface area contributed by atoms with Gasteiger partial charge in [0.05, 0.1) is 11.0 Å². The van der Waals surface area contributed by atoms with Crippen molar-refractivity contribution in [3.8, 4) is 0 Å². The van der Waals surface area contributed by atoms with Crippen molar-refractivity contribution in [1.82, 2.24) is 24.8 Å². The molecular formula is C21H27N7. The molecule has 1 fully saturated rings. The predicted octanol–water partition coefficient (Wildman–Crippen LogP) is 2.14. The van der Waals surface area contributed by atoms with E-state index in [4.69, 9.17) is 0 Å². The summed E-state index contributed by atoms with van der Waals surface area (Å²) in [6.45, 7) is 7.50. The second-order valence-corrected chi connectivity index (χ2v) is 6.94. The molecule has 0 amide bonds. The Labute approximate surface area is 165 Å². The molecule has 1 aromatic carbocycles. The van der Waals surface area contributed by atoms with Crippen LogP contribution in [0.25, 0.3) is 11.0 Å². The van der Waals surface area contributed by atoms with E-state index < -0.39 is 0 Å². The van der Waals surface area contributed by atoms with Gasteiger partial charge < -0.3 is 19.7 Å². The van der Waals surface area contributed by atoms with E-state index in [1.807, 2.05) is 31.4 Å². The van der Waals surface area contributed by atoms with E-state index in [1.54, 1.807) is 0 Å². The lowest BCUT2D eigenvalue weighted by atomic mass is 10.3. The van der Waals surface area contributed by atoms with Crippen molar-refractivity contribution in [2.24, 2.45) is 4.99 Å². The number of nitrogens with one attached hydrogen (secondary N) is 1. The van der Waals surface area contributed by atoms with Crippen molar-refractivity contribution in [2.75, 3.05) is 44.7 Å². The molecule has 1 saturated heterocycles. The molecule has 1 N–H and O–H groups in total. The number of aromatic nitrogens is 3. The van der Waals surface area contributed by atoms with Crippen LogP contribution in [0.5, 0.6) is 0 Å². The van der Waals surface area contributed by atoms with E-state index in [0.29, 0.717) is 0 Å². The van der Waals surface area contributed by atoms with E-state index in [-0.39, 0.29) is 0 Å². The quantitative estimate of drug-likeness (QED) is 0.558. The normalized spacial score (nSPS) is 15.3. The minimum Gasteiger partial charge on any atom is -0.354 e. The standard InChI is InChI=1S/C21H27N7/c1-17-25-18-7-3-4-8-19(18)28(17)12-11-24-21(22-2)27-15-13-26(14-16-27)20-9-5-6-10-23-20/h3-10H,11-16H2,1-2H3,(H,22,24). The lowest BCUT2D eigenvalue weighted by Gasteiger charge is -2.37. The van der Waals surface area contributed by atoms with Gasteiger partial charge in [-0.2, -0.15) is 0 Å². The Hall–Kier alpha value is -3.09. The molecule has 0 saturated carbocycles. The van der Waals surface area contributed by atoms with Crippen LogP contribution in [-0.4, -0.2) is 65.2 Å². The molecule has 1 aliphatic rings. The van der Waals surface area contributed by atoms with Gasteiger partial charge in [0.1, 0.15) is 11.6 Å². The first-order valence-corrected chi connectivity index (χ1v) is 9.79. The van der Waals surface area contributed by atoms with Crippen LogP contribution in [0.3, 0.4) is 0 Å². The van der Waals surface area contributed by atoms with E-state index in [2.05, 4.69) is 65.8 Å². The average molecular weight is 377 g/mol. The zero-order chi connectivity index (χ0) is 19.3. The van der Waals surface area contributed by atoms with Crippen molar-refractivity contribution >= 4 is 22.8 Å². The number of imidazole rings is 1. The fourth-order valence-electron chi connectivity index (χ4n) is 3.78. The number of hydrogen-bond acceptors (Lipinski definition) is 4. The van der Waals surface area contributed by atoms with Crippen molar-refractivity contribution in [1.29, 1.82) is 0 Å². The van der Waals surface area contributed by atoms with Gasteiger partial charge in [-0.25, -0.2) is 9.97 Å². The Morgan fingerprint density at radius 2 is 1.86 bits per heavy atom. The predicted molar refractivity (Wildman–Crippen MR) is 114 cm³/mol. The number of pyridine rings is 1. The number of para-hydroxylation sites is 2.